The van der Waals surface area contributed by atoms with Crippen molar-refractivity contribution in [3.8, 4) is 5.75 Å². The van der Waals surface area contributed by atoms with E-state index in [4.69, 9.17) is 25.5 Å². The summed E-state index contributed by atoms with van der Waals surface area (Å²) in [5.74, 6) is -1.12. The monoisotopic (exact) mass is 475 g/mol. The van der Waals surface area contributed by atoms with E-state index >= 15 is 0 Å². The molecule has 33 heavy (non-hydrogen) atoms. The number of aliphatic hydroxyl groups is 5. The van der Waals surface area contributed by atoms with Crippen LogP contribution < -0.4 is 0 Å². The van der Waals surface area contributed by atoms with Gasteiger partial charge in [-0.25, -0.2) is 4.79 Å². The SMILES string of the molecule is CN(C)CC(c1ccc(O)cc1)C1(O)CCCCC1.O.O=C(O)[C@H]1O[C@@H](O)[C@H](O)[C@@H](O)[C@@H]1O. The van der Waals surface area contributed by atoms with Crippen LogP contribution in [0, 0.1) is 0 Å². The largest absolute Gasteiger partial charge is 0.508 e. The van der Waals surface area contributed by atoms with Crippen LogP contribution in [0.5, 0.6) is 5.75 Å². The number of carbonyl (C=O) groups is 1. The minimum atomic E-state index is -1.81. The molecule has 0 radical (unpaired) electrons. The minimum absolute atomic E-state index is 0. The normalized spacial score (nSPS) is 29.9. The summed E-state index contributed by atoms with van der Waals surface area (Å²) in [6.07, 6.45) is -3.51. The number of rotatable bonds is 5. The standard InChI is InChI=1S/C16H25NO2.C6H10O7.H2O/c1-17(2)12-15(13-6-8-14(18)9-7-13)16(19)10-4-3-5-11-16;7-1-2(8)4(5(10)11)13-6(12)3(1)9;/h6-9,15,18-19H,3-5,10-12H2,1-2H3;1-4,6-9,12H,(H,10,11);1H2/t;1-,2-,3+,4-,6+;/m.0./s1. The van der Waals surface area contributed by atoms with Crippen LogP contribution in [0.2, 0.25) is 0 Å². The van der Waals surface area contributed by atoms with E-state index in [0.29, 0.717) is 0 Å². The van der Waals surface area contributed by atoms with Crippen molar-refractivity contribution in [3.63, 3.8) is 0 Å². The maximum Gasteiger partial charge on any atom is 0.335 e. The maximum absolute atomic E-state index is 11.0. The van der Waals surface area contributed by atoms with Crippen LogP contribution in [-0.2, 0) is 9.53 Å². The molecule has 190 valence electrons. The summed E-state index contributed by atoms with van der Waals surface area (Å²) >= 11 is 0. The Morgan fingerprint density at radius 3 is 2.06 bits per heavy atom. The number of aliphatic carboxylic acids is 1. The number of carboxylic acid groups (broad SMARTS) is 1. The fourth-order valence-corrected chi connectivity index (χ4v) is 4.24. The molecule has 1 aliphatic carbocycles. The van der Waals surface area contributed by atoms with E-state index in [1.165, 1.54) is 6.42 Å². The molecule has 11 nitrogen and oxygen atoms in total. The van der Waals surface area contributed by atoms with Crippen molar-refractivity contribution in [2.24, 2.45) is 0 Å². The van der Waals surface area contributed by atoms with Crippen LogP contribution in [-0.4, -0.2) is 109 Å². The van der Waals surface area contributed by atoms with Crippen molar-refractivity contribution in [1.82, 2.24) is 4.90 Å². The lowest BCUT2D eigenvalue weighted by Gasteiger charge is -2.40. The first-order valence-electron chi connectivity index (χ1n) is 10.7. The zero-order valence-corrected chi connectivity index (χ0v) is 18.9. The van der Waals surface area contributed by atoms with Crippen LogP contribution in [0.25, 0.3) is 0 Å². The molecule has 9 N–H and O–H groups in total. The minimum Gasteiger partial charge on any atom is -0.508 e. The number of nitrogens with zero attached hydrogens (tertiary/aromatic N) is 1. The summed E-state index contributed by atoms with van der Waals surface area (Å²) in [5, 5.41) is 64.8. The van der Waals surface area contributed by atoms with Gasteiger partial charge in [-0.2, -0.15) is 0 Å². The number of hydrogen-bond acceptors (Lipinski definition) is 9. The van der Waals surface area contributed by atoms with Gasteiger partial charge in [0.25, 0.3) is 0 Å². The van der Waals surface area contributed by atoms with Gasteiger partial charge in [0.2, 0.25) is 0 Å². The Morgan fingerprint density at radius 1 is 1.03 bits per heavy atom. The van der Waals surface area contributed by atoms with Crippen LogP contribution in [0.4, 0.5) is 0 Å². The van der Waals surface area contributed by atoms with Crippen LogP contribution >= 0.6 is 0 Å². The first kappa shape index (κ1) is 29.2. The van der Waals surface area contributed by atoms with E-state index < -0.39 is 42.3 Å². The van der Waals surface area contributed by atoms with Crippen molar-refractivity contribution in [3.05, 3.63) is 29.8 Å². The van der Waals surface area contributed by atoms with Gasteiger partial charge in [-0.15, -0.1) is 0 Å². The topological polar surface area (TPSA) is 203 Å². The Kier molecular flexibility index (Phi) is 11.1. The number of hydrogen-bond donors (Lipinski definition) is 7. The van der Waals surface area contributed by atoms with E-state index in [9.17, 15) is 15.0 Å². The lowest BCUT2D eigenvalue weighted by atomic mass is 9.72. The number of ether oxygens (including phenoxy) is 1. The van der Waals surface area contributed by atoms with Gasteiger partial charge in [0.15, 0.2) is 12.4 Å². The third-order valence-corrected chi connectivity index (χ3v) is 6.04. The Balaban J connectivity index is 0.000000343. The zero-order chi connectivity index (χ0) is 24.1. The molecule has 3 rings (SSSR count). The molecule has 6 atom stereocenters. The molecule has 1 saturated heterocycles. The average Bonchev–Trinajstić information content (AvgIpc) is 2.74. The van der Waals surface area contributed by atoms with Crippen LogP contribution in [0.15, 0.2) is 24.3 Å². The smallest absolute Gasteiger partial charge is 0.335 e. The Labute approximate surface area is 192 Å². The van der Waals surface area contributed by atoms with E-state index in [2.05, 4.69) is 9.64 Å². The van der Waals surface area contributed by atoms with Gasteiger partial charge in [0.05, 0.1) is 5.60 Å². The summed E-state index contributed by atoms with van der Waals surface area (Å²) < 4.78 is 4.34. The predicted molar refractivity (Wildman–Crippen MR) is 118 cm³/mol. The molecular formula is C22H37NO10. The van der Waals surface area contributed by atoms with E-state index in [0.717, 1.165) is 37.8 Å². The molecule has 1 aliphatic heterocycles. The van der Waals surface area contributed by atoms with Crippen molar-refractivity contribution in [1.29, 1.82) is 0 Å². The fraction of sp³-hybridized carbons (Fsp3) is 0.682. The summed E-state index contributed by atoms with van der Waals surface area (Å²) in [5.41, 5.74) is 0.523. The number of phenolic OH excluding ortho intramolecular Hbond substituents is 1. The third-order valence-electron chi connectivity index (χ3n) is 6.04. The number of likely N-dealkylation sites (N-methyl/N-ethyl adjacent to an activating group) is 1. The molecule has 0 amide bonds. The van der Waals surface area contributed by atoms with E-state index in [-0.39, 0.29) is 17.1 Å². The van der Waals surface area contributed by atoms with Gasteiger partial charge in [-0.05, 0) is 44.6 Å². The predicted octanol–water partition coefficient (Wildman–Crippen LogP) is -1.22. The lowest BCUT2D eigenvalue weighted by molar-refractivity contribution is -0.279. The molecular weight excluding hydrogens is 438 g/mol. The molecule has 2 aliphatic rings. The molecule has 2 fully saturated rings. The number of aliphatic hydroxyl groups excluding tert-OH is 4. The van der Waals surface area contributed by atoms with Crippen molar-refractivity contribution < 1.29 is 50.8 Å². The summed E-state index contributed by atoms with van der Waals surface area (Å²) in [4.78, 5) is 12.5. The van der Waals surface area contributed by atoms with Crippen molar-refractivity contribution in [2.45, 2.75) is 74.3 Å². The third kappa shape index (κ3) is 7.59. The van der Waals surface area contributed by atoms with Crippen LogP contribution in [0.1, 0.15) is 43.6 Å². The van der Waals surface area contributed by atoms with E-state index in [1.54, 1.807) is 12.1 Å². The second-order valence-electron chi connectivity index (χ2n) is 8.83. The first-order valence-corrected chi connectivity index (χ1v) is 10.7. The van der Waals surface area contributed by atoms with Gasteiger partial charge in [-0.1, -0.05) is 31.4 Å². The average molecular weight is 476 g/mol. The molecule has 1 unspecified atom stereocenters. The second kappa shape index (κ2) is 12.6. The van der Waals surface area contributed by atoms with Crippen LogP contribution in [0.3, 0.4) is 0 Å². The van der Waals surface area contributed by atoms with Gasteiger partial charge in [0.1, 0.15) is 24.1 Å². The highest BCUT2D eigenvalue weighted by molar-refractivity contribution is 5.73. The number of phenols is 1. The molecule has 0 spiro atoms. The molecule has 1 aromatic rings. The molecule has 11 heteroatoms. The zero-order valence-electron chi connectivity index (χ0n) is 18.9. The van der Waals surface area contributed by atoms with Gasteiger partial charge >= 0.3 is 5.97 Å². The number of benzene rings is 1. The Morgan fingerprint density at radius 2 is 1.58 bits per heavy atom. The van der Waals surface area contributed by atoms with Gasteiger partial charge in [0, 0.05) is 12.5 Å². The van der Waals surface area contributed by atoms with Crippen molar-refractivity contribution in [2.75, 3.05) is 20.6 Å². The highest BCUT2D eigenvalue weighted by Crippen LogP contribution is 2.40. The number of carboxylic acids is 1. The first-order chi connectivity index (χ1) is 15.0. The maximum atomic E-state index is 11.0. The molecule has 0 aromatic heterocycles. The quantitative estimate of drug-likeness (QED) is 0.270. The molecule has 1 heterocycles. The van der Waals surface area contributed by atoms with Crippen molar-refractivity contribution >= 4 is 5.97 Å². The second-order valence-corrected chi connectivity index (χ2v) is 8.83. The number of aromatic hydroxyl groups is 1. The lowest BCUT2D eigenvalue weighted by Crippen LogP contribution is -2.59. The summed E-state index contributed by atoms with van der Waals surface area (Å²) in [7, 11) is 4.08. The van der Waals surface area contributed by atoms with Gasteiger partial charge < -0.3 is 50.9 Å². The summed E-state index contributed by atoms with van der Waals surface area (Å²) in [6.45, 7) is 0.835. The highest BCUT2D eigenvalue weighted by atomic mass is 16.6. The highest BCUT2D eigenvalue weighted by Gasteiger charge is 2.46. The fourth-order valence-electron chi connectivity index (χ4n) is 4.24. The Bertz CT molecular complexity index is 722. The van der Waals surface area contributed by atoms with Gasteiger partial charge in [-0.3, -0.25) is 0 Å². The molecule has 1 aromatic carbocycles. The molecule has 0 bridgehead atoms. The summed E-state index contributed by atoms with van der Waals surface area (Å²) in [6, 6.07) is 7.31. The Hall–Kier alpha value is -1.83. The molecule has 1 saturated carbocycles. The van der Waals surface area contributed by atoms with E-state index in [1.807, 2.05) is 26.2 Å².